The summed E-state index contributed by atoms with van der Waals surface area (Å²) in [6, 6.07) is 7.58. The van der Waals surface area contributed by atoms with Crippen LogP contribution in [-0.2, 0) is 23.4 Å². The number of rotatable bonds is 10. The molecule has 1 saturated heterocycles. The van der Waals surface area contributed by atoms with Crippen molar-refractivity contribution in [2.24, 2.45) is 0 Å². The van der Waals surface area contributed by atoms with Gasteiger partial charge in [0.2, 0.25) is 0 Å². The number of ether oxygens (including phenoxy) is 2. The third-order valence-corrected chi connectivity index (χ3v) is 6.40. The van der Waals surface area contributed by atoms with E-state index in [0.717, 1.165) is 18.4 Å². The Morgan fingerprint density at radius 3 is 2.83 bits per heavy atom. The van der Waals surface area contributed by atoms with Crippen LogP contribution in [-0.4, -0.2) is 49.1 Å². The summed E-state index contributed by atoms with van der Waals surface area (Å²) >= 11 is 0. The second-order valence-electron chi connectivity index (χ2n) is 7.21. The fraction of sp³-hybridized carbons (Fsp3) is 0.476. The van der Waals surface area contributed by atoms with Gasteiger partial charge in [-0.05, 0) is 43.9 Å². The van der Waals surface area contributed by atoms with E-state index in [0.29, 0.717) is 18.8 Å². The van der Waals surface area contributed by atoms with Gasteiger partial charge in [0.25, 0.3) is 0 Å². The van der Waals surface area contributed by atoms with Gasteiger partial charge in [-0.3, -0.25) is 9.32 Å². The van der Waals surface area contributed by atoms with E-state index >= 15 is 0 Å². The maximum atomic E-state index is 13.3. The SMILES string of the molecule is C[C@H](NP(=O)(OC[C@H]1OCC[C@H]1O)Oc1ccccc1)C(=O)OCC1=CC=CCC1. The zero-order chi connectivity index (χ0) is 21.4. The maximum absolute atomic E-state index is 13.3. The van der Waals surface area contributed by atoms with Crippen LogP contribution in [0.1, 0.15) is 26.2 Å². The lowest BCUT2D eigenvalue weighted by molar-refractivity contribution is -0.144. The number of allylic oxidation sites excluding steroid dienone is 3. The highest BCUT2D eigenvalue weighted by atomic mass is 31.2. The Bertz CT molecular complexity index is 811. The minimum atomic E-state index is -3.95. The normalized spacial score (nSPS) is 24.0. The van der Waals surface area contributed by atoms with Crippen LogP contribution in [0.4, 0.5) is 0 Å². The lowest BCUT2D eigenvalue weighted by Gasteiger charge is -2.24. The molecule has 0 aromatic heterocycles. The molecule has 0 radical (unpaired) electrons. The Balaban J connectivity index is 1.61. The molecule has 2 aliphatic rings. The first-order valence-corrected chi connectivity index (χ1v) is 11.6. The second-order valence-corrected chi connectivity index (χ2v) is 8.91. The lowest BCUT2D eigenvalue weighted by Crippen LogP contribution is -2.36. The number of hydrogen-bond acceptors (Lipinski definition) is 7. The molecule has 30 heavy (non-hydrogen) atoms. The highest BCUT2D eigenvalue weighted by Crippen LogP contribution is 2.45. The standard InChI is InChI=1S/C21H28NO7P/c1-16(21(24)27-14-17-8-4-2-5-9-17)22-30(25,29-18-10-6-3-7-11-18)28-15-20-19(23)12-13-26-20/h2-4,6-8,10-11,16,19-20,23H,5,9,12-15H2,1H3,(H,22,25)/t16-,19+,20+,30?/m0/s1. The minimum absolute atomic E-state index is 0.140. The number of para-hydroxylation sites is 1. The van der Waals surface area contributed by atoms with Crippen LogP contribution in [0.25, 0.3) is 0 Å². The summed E-state index contributed by atoms with van der Waals surface area (Å²) in [5.74, 6) is -0.246. The van der Waals surface area contributed by atoms with E-state index in [1.807, 2.05) is 12.2 Å². The van der Waals surface area contributed by atoms with Gasteiger partial charge in [-0.15, -0.1) is 0 Å². The zero-order valence-electron chi connectivity index (χ0n) is 16.9. The molecule has 0 spiro atoms. The number of nitrogens with one attached hydrogen (secondary N) is 1. The van der Waals surface area contributed by atoms with Crippen LogP contribution in [0.5, 0.6) is 5.75 Å². The lowest BCUT2D eigenvalue weighted by atomic mass is 10.1. The van der Waals surface area contributed by atoms with Crippen LogP contribution in [0.15, 0.2) is 54.1 Å². The van der Waals surface area contributed by atoms with Crippen molar-refractivity contribution >= 4 is 13.7 Å². The Morgan fingerprint density at radius 2 is 2.17 bits per heavy atom. The molecule has 164 valence electrons. The van der Waals surface area contributed by atoms with E-state index < -0.39 is 32.0 Å². The van der Waals surface area contributed by atoms with Gasteiger partial charge in [0.1, 0.15) is 24.5 Å². The summed E-state index contributed by atoms with van der Waals surface area (Å²) in [6.07, 6.45) is 6.85. The zero-order valence-corrected chi connectivity index (χ0v) is 17.8. The first kappa shape index (κ1) is 22.7. The fourth-order valence-electron chi connectivity index (χ4n) is 3.03. The third kappa shape index (κ3) is 6.79. The van der Waals surface area contributed by atoms with Crippen molar-refractivity contribution in [3.8, 4) is 5.75 Å². The van der Waals surface area contributed by atoms with Crippen molar-refractivity contribution in [2.45, 2.75) is 44.4 Å². The smallest absolute Gasteiger partial charge is 0.459 e. The minimum Gasteiger partial charge on any atom is -0.460 e. The maximum Gasteiger partial charge on any atom is 0.459 e. The largest absolute Gasteiger partial charge is 0.460 e. The molecule has 1 aliphatic carbocycles. The van der Waals surface area contributed by atoms with E-state index in [-0.39, 0.29) is 13.2 Å². The molecular formula is C21H28NO7P. The number of esters is 1. The van der Waals surface area contributed by atoms with E-state index in [1.165, 1.54) is 6.92 Å². The average molecular weight is 437 g/mol. The van der Waals surface area contributed by atoms with Crippen molar-refractivity contribution < 1.29 is 33.0 Å². The van der Waals surface area contributed by atoms with Crippen molar-refractivity contribution in [1.29, 1.82) is 0 Å². The highest BCUT2D eigenvalue weighted by molar-refractivity contribution is 7.52. The van der Waals surface area contributed by atoms with Crippen LogP contribution in [0, 0.1) is 0 Å². The van der Waals surface area contributed by atoms with Gasteiger partial charge >= 0.3 is 13.7 Å². The number of aliphatic hydroxyl groups excluding tert-OH is 1. The summed E-state index contributed by atoms with van der Waals surface area (Å²) in [5.41, 5.74) is 1.02. The van der Waals surface area contributed by atoms with Crippen LogP contribution < -0.4 is 9.61 Å². The van der Waals surface area contributed by atoms with Gasteiger partial charge < -0.3 is 19.1 Å². The molecule has 1 heterocycles. The van der Waals surface area contributed by atoms with E-state index in [9.17, 15) is 14.5 Å². The molecule has 3 rings (SSSR count). The predicted molar refractivity (Wildman–Crippen MR) is 111 cm³/mol. The Labute approximate surface area is 176 Å². The van der Waals surface area contributed by atoms with E-state index in [2.05, 4.69) is 11.2 Å². The Kier molecular flexibility index (Phi) is 8.24. The molecule has 2 N–H and O–H groups in total. The second kappa shape index (κ2) is 10.9. The summed E-state index contributed by atoms with van der Waals surface area (Å²) in [6.45, 7) is 1.98. The van der Waals surface area contributed by atoms with Gasteiger partial charge in [0.15, 0.2) is 0 Å². The van der Waals surface area contributed by atoms with E-state index in [1.54, 1.807) is 30.3 Å². The van der Waals surface area contributed by atoms with E-state index in [4.69, 9.17) is 18.5 Å². The first-order valence-electron chi connectivity index (χ1n) is 10.0. The molecule has 1 aliphatic heterocycles. The topological polar surface area (TPSA) is 103 Å². The van der Waals surface area contributed by atoms with Gasteiger partial charge in [-0.1, -0.05) is 36.4 Å². The monoisotopic (exact) mass is 437 g/mol. The quantitative estimate of drug-likeness (QED) is 0.425. The first-order chi connectivity index (χ1) is 14.5. The van der Waals surface area contributed by atoms with Crippen molar-refractivity contribution in [3.05, 3.63) is 54.1 Å². The number of carbonyl (C=O) groups excluding carboxylic acids is 1. The summed E-state index contributed by atoms with van der Waals surface area (Å²) in [5, 5.41) is 12.5. The molecule has 0 bridgehead atoms. The van der Waals surface area contributed by atoms with Crippen LogP contribution >= 0.6 is 7.75 Å². The Morgan fingerprint density at radius 1 is 1.37 bits per heavy atom. The van der Waals surface area contributed by atoms with Crippen molar-refractivity contribution in [3.63, 3.8) is 0 Å². The number of aliphatic hydroxyl groups is 1. The van der Waals surface area contributed by atoms with Crippen molar-refractivity contribution in [1.82, 2.24) is 5.09 Å². The van der Waals surface area contributed by atoms with Crippen LogP contribution in [0.2, 0.25) is 0 Å². The summed E-state index contributed by atoms with van der Waals surface area (Å²) in [4.78, 5) is 12.4. The summed E-state index contributed by atoms with van der Waals surface area (Å²) < 4.78 is 35.1. The molecule has 4 atom stereocenters. The molecule has 0 amide bonds. The molecular weight excluding hydrogens is 409 g/mol. The molecule has 1 unspecified atom stereocenters. The molecule has 1 aromatic rings. The van der Waals surface area contributed by atoms with Gasteiger partial charge in [-0.2, -0.15) is 5.09 Å². The van der Waals surface area contributed by atoms with Crippen LogP contribution in [0.3, 0.4) is 0 Å². The number of carbonyl (C=O) groups is 1. The molecule has 1 fully saturated rings. The molecule has 0 saturated carbocycles. The highest BCUT2D eigenvalue weighted by Gasteiger charge is 2.35. The van der Waals surface area contributed by atoms with Gasteiger partial charge in [-0.25, -0.2) is 4.57 Å². The predicted octanol–water partition coefficient (Wildman–Crippen LogP) is 3.14. The fourth-order valence-corrected chi connectivity index (χ4v) is 4.53. The molecule has 9 heteroatoms. The molecule has 8 nitrogen and oxygen atoms in total. The number of hydrogen-bond donors (Lipinski definition) is 2. The molecule has 1 aromatic carbocycles. The van der Waals surface area contributed by atoms with Gasteiger partial charge in [0, 0.05) is 6.61 Å². The Hall–Kier alpha value is -1.96. The number of benzene rings is 1. The summed E-state index contributed by atoms with van der Waals surface area (Å²) in [7, 11) is -3.95. The average Bonchev–Trinajstić information content (AvgIpc) is 3.16. The van der Waals surface area contributed by atoms with Gasteiger partial charge in [0.05, 0.1) is 12.7 Å². The van der Waals surface area contributed by atoms with Crippen molar-refractivity contribution in [2.75, 3.05) is 19.8 Å². The third-order valence-electron chi connectivity index (χ3n) is 4.76.